The summed E-state index contributed by atoms with van der Waals surface area (Å²) in [5.74, 6) is 0.546. The minimum Gasteiger partial charge on any atom is -0.357 e. The van der Waals surface area contributed by atoms with Crippen molar-refractivity contribution in [3.8, 4) is 0 Å². The van der Waals surface area contributed by atoms with Gasteiger partial charge in [0.25, 0.3) is 0 Å². The Morgan fingerprint density at radius 1 is 1.30 bits per heavy atom. The first-order valence-electron chi connectivity index (χ1n) is 7.91. The average Bonchev–Trinajstić information content (AvgIpc) is 2.49. The number of carbonyl (C=O) groups is 1. The van der Waals surface area contributed by atoms with Crippen LogP contribution < -0.4 is 10.6 Å². The van der Waals surface area contributed by atoms with Gasteiger partial charge in [-0.15, -0.1) is 0 Å². The number of hydrogen-bond acceptors (Lipinski definition) is 2. The van der Waals surface area contributed by atoms with Crippen LogP contribution >= 0.6 is 0 Å². The second-order valence-corrected chi connectivity index (χ2v) is 5.55. The zero-order valence-corrected chi connectivity index (χ0v) is 14.4. The molecule has 23 heavy (non-hydrogen) atoms. The minimum absolute atomic E-state index is 0.0616. The van der Waals surface area contributed by atoms with E-state index < -0.39 is 0 Å². The van der Waals surface area contributed by atoms with Crippen LogP contribution in [-0.4, -0.2) is 50.5 Å². The standard InChI is InChI=1S/C17H27FN4O/c1-5-19-17(21-11-9-16(23)22(3)4)20-10-8-14-6-7-15(18)12-13(14)2/h6-7,12H,5,8-11H2,1-4H3,(H2,19,20,21). The predicted octanol–water partition coefficient (Wildman–Crippen LogP) is 1.71. The summed E-state index contributed by atoms with van der Waals surface area (Å²) in [5.41, 5.74) is 2.06. The SMILES string of the molecule is CCNC(=NCCC(=O)N(C)C)NCCc1ccc(F)cc1C. The number of aliphatic imine (C=N–C) groups is 1. The Labute approximate surface area is 138 Å². The number of hydrogen-bond donors (Lipinski definition) is 2. The van der Waals surface area contributed by atoms with Crippen LogP contribution in [0.15, 0.2) is 23.2 Å². The number of amides is 1. The third kappa shape index (κ3) is 7.13. The van der Waals surface area contributed by atoms with Crippen molar-refractivity contribution in [1.29, 1.82) is 0 Å². The molecule has 0 aliphatic heterocycles. The molecule has 0 saturated carbocycles. The summed E-state index contributed by atoms with van der Waals surface area (Å²) >= 11 is 0. The first kappa shape index (κ1) is 18.9. The molecule has 0 fully saturated rings. The number of nitrogens with zero attached hydrogens (tertiary/aromatic N) is 2. The molecule has 0 aliphatic rings. The van der Waals surface area contributed by atoms with Crippen molar-refractivity contribution >= 4 is 11.9 Å². The van der Waals surface area contributed by atoms with Crippen molar-refractivity contribution in [2.75, 3.05) is 33.7 Å². The van der Waals surface area contributed by atoms with E-state index >= 15 is 0 Å². The van der Waals surface area contributed by atoms with Gasteiger partial charge in [0.1, 0.15) is 5.82 Å². The number of aryl methyl sites for hydroxylation is 1. The molecular formula is C17H27FN4O. The monoisotopic (exact) mass is 322 g/mol. The predicted molar refractivity (Wildman–Crippen MR) is 92.1 cm³/mol. The van der Waals surface area contributed by atoms with Crippen LogP contribution in [-0.2, 0) is 11.2 Å². The molecule has 1 aromatic rings. The lowest BCUT2D eigenvalue weighted by atomic mass is 10.1. The second-order valence-electron chi connectivity index (χ2n) is 5.55. The minimum atomic E-state index is -0.209. The molecule has 0 bridgehead atoms. The van der Waals surface area contributed by atoms with Crippen molar-refractivity contribution in [2.45, 2.75) is 26.7 Å². The van der Waals surface area contributed by atoms with Gasteiger partial charge in [-0.05, 0) is 43.5 Å². The molecule has 0 radical (unpaired) electrons. The molecule has 0 spiro atoms. The van der Waals surface area contributed by atoms with Crippen LogP contribution in [0.25, 0.3) is 0 Å². The molecule has 0 aliphatic carbocycles. The lowest BCUT2D eigenvalue weighted by Crippen LogP contribution is -2.38. The molecule has 1 aromatic carbocycles. The van der Waals surface area contributed by atoms with Crippen molar-refractivity contribution < 1.29 is 9.18 Å². The summed E-state index contributed by atoms with van der Waals surface area (Å²) in [5, 5.41) is 6.38. The summed E-state index contributed by atoms with van der Waals surface area (Å²) in [6.07, 6.45) is 1.17. The van der Waals surface area contributed by atoms with Gasteiger partial charge in [0.2, 0.25) is 5.91 Å². The van der Waals surface area contributed by atoms with Crippen LogP contribution in [0.2, 0.25) is 0 Å². The lowest BCUT2D eigenvalue weighted by molar-refractivity contribution is -0.128. The molecule has 128 valence electrons. The van der Waals surface area contributed by atoms with Gasteiger partial charge < -0.3 is 15.5 Å². The summed E-state index contributed by atoms with van der Waals surface area (Å²) in [6.45, 7) is 5.79. The van der Waals surface area contributed by atoms with Crippen molar-refractivity contribution in [3.05, 3.63) is 35.1 Å². The Morgan fingerprint density at radius 3 is 2.65 bits per heavy atom. The molecule has 1 rings (SSSR count). The highest BCUT2D eigenvalue weighted by atomic mass is 19.1. The van der Waals surface area contributed by atoms with Crippen molar-refractivity contribution in [1.82, 2.24) is 15.5 Å². The molecule has 0 atom stereocenters. The van der Waals surface area contributed by atoms with E-state index in [4.69, 9.17) is 0 Å². The van der Waals surface area contributed by atoms with Crippen LogP contribution in [0.4, 0.5) is 4.39 Å². The highest BCUT2D eigenvalue weighted by Crippen LogP contribution is 2.10. The van der Waals surface area contributed by atoms with E-state index in [2.05, 4.69) is 15.6 Å². The van der Waals surface area contributed by atoms with Crippen molar-refractivity contribution in [2.24, 2.45) is 4.99 Å². The van der Waals surface area contributed by atoms with Crippen LogP contribution in [0, 0.1) is 12.7 Å². The highest BCUT2D eigenvalue weighted by molar-refractivity contribution is 5.80. The van der Waals surface area contributed by atoms with Gasteiger partial charge in [0.15, 0.2) is 5.96 Å². The summed E-state index contributed by atoms with van der Waals surface area (Å²) < 4.78 is 13.1. The Bertz CT molecular complexity index is 543. The van der Waals surface area contributed by atoms with E-state index in [1.165, 1.54) is 6.07 Å². The van der Waals surface area contributed by atoms with E-state index in [-0.39, 0.29) is 11.7 Å². The van der Waals surface area contributed by atoms with E-state index in [1.54, 1.807) is 25.1 Å². The largest absolute Gasteiger partial charge is 0.357 e. The van der Waals surface area contributed by atoms with Gasteiger partial charge in [-0.3, -0.25) is 9.79 Å². The molecule has 0 heterocycles. The maximum Gasteiger partial charge on any atom is 0.223 e. The van der Waals surface area contributed by atoms with Gasteiger partial charge in [-0.2, -0.15) is 0 Å². The maximum atomic E-state index is 13.1. The number of carbonyl (C=O) groups excluding carboxylic acids is 1. The Hall–Kier alpha value is -2.11. The number of guanidine groups is 1. The molecule has 1 amide bonds. The molecule has 0 saturated heterocycles. The quantitative estimate of drug-likeness (QED) is 0.593. The zero-order chi connectivity index (χ0) is 17.2. The normalized spacial score (nSPS) is 11.3. The van der Waals surface area contributed by atoms with E-state index in [0.29, 0.717) is 25.5 Å². The van der Waals surface area contributed by atoms with Gasteiger partial charge in [0.05, 0.1) is 6.54 Å². The fraction of sp³-hybridized carbons (Fsp3) is 0.529. The fourth-order valence-corrected chi connectivity index (χ4v) is 2.08. The topological polar surface area (TPSA) is 56.7 Å². The molecule has 2 N–H and O–H groups in total. The zero-order valence-electron chi connectivity index (χ0n) is 14.4. The average molecular weight is 322 g/mol. The van der Waals surface area contributed by atoms with E-state index in [1.807, 2.05) is 19.9 Å². The van der Waals surface area contributed by atoms with Gasteiger partial charge >= 0.3 is 0 Å². The van der Waals surface area contributed by atoms with Gasteiger partial charge in [-0.1, -0.05) is 6.07 Å². The smallest absolute Gasteiger partial charge is 0.223 e. The Morgan fingerprint density at radius 2 is 2.04 bits per heavy atom. The summed E-state index contributed by atoms with van der Waals surface area (Å²) in [6, 6.07) is 4.84. The van der Waals surface area contributed by atoms with Crippen LogP contribution in [0.3, 0.4) is 0 Å². The van der Waals surface area contributed by atoms with Crippen molar-refractivity contribution in [3.63, 3.8) is 0 Å². The van der Waals surface area contributed by atoms with Crippen LogP contribution in [0.1, 0.15) is 24.5 Å². The number of benzene rings is 1. The van der Waals surface area contributed by atoms with Gasteiger partial charge in [0, 0.05) is 33.6 Å². The first-order valence-corrected chi connectivity index (χ1v) is 7.91. The van der Waals surface area contributed by atoms with Crippen LogP contribution in [0.5, 0.6) is 0 Å². The number of nitrogens with one attached hydrogen (secondary N) is 2. The first-order chi connectivity index (χ1) is 10.9. The number of halogens is 1. The Kier molecular flexibility index (Phi) is 8.08. The third-order valence-corrected chi connectivity index (χ3v) is 3.43. The number of rotatable bonds is 7. The molecule has 0 unspecified atom stereocenters. The summed E-state index contributed by atoms with van der Waals surface area (Å²) in [4.78, 5) is 17.5. The third-order valence-electron chi connectivity index (χ3n) is 3.43. The van der Waals surface area contributed by atoms with E-state index in [9.17, 15) is 9.18 Å². The summed E-state index contributed by atoms with van der Waals surface area (Å²) in [7, 11) is 3.47. The second kappa shape index (κ2) is 9.82. The van der Waals surface area contributed by atoms with E-state index in [0.717, 1.165) is 24.1 Å². The maximum absolute atomic E-state index is 13.1. The molecule has 5 nitrogen and oxygen atoms in total. The fourth-order valence-electron chi connectivity index (χ4n) is 2.08. The molecular weight excluding hydrogens is 295 g/mol. The van der Waals surface area contributed by atoms with Gasteiger partial charge in [-0.25, -0.2) is 4.39 Å². The highest BCUT2D eigenvalue weighted by Gasteiger charge is 2.04. The molecule has 0 aromatic heterocycles. The Balaban J connectivity index is 2.47. The lowest BCUT2D eigenvalue weighted by Gasteiger charge is -2.13. The molecule has 6 heteroatoms.